The fraction of sp³-hybridized carbons (Fsp3) is 0.700. The minimum atomic E-state index is -0.874. The maximum absolute atomic E-state index is 10.4. The zero-order valence-corrected chi connectivity index (χ0v) is 14.9. The molecule has 1 atom stereocenters. The van der Waals surface area contributed by atoms with Gasteiger partial charge in [-0.05, 0) is 38.0 Å². The Labute approximate surface area is 146 Å². The molecule has 0 amide bonds. The van der Waals surface area contributed by atoms with Crippen molar-refractivity contribution < 1.29 is 19.8 Å². The van der Waals surface area contributed by atoms with Gasteiger partial charge in [0.15, 0.2) is 0 Å². The first-order valence-corrected chi connectivity index (χ1v) is 9.30. The van der Waals surface area contributed by atoms with Crippen LogP contribution >= 0.6 is 0 Å². The summed E-state index contributed by atoms with van der Waals surface area (Å²) >= 11 is 0. The second-order valence-corrected chi connectivity index (χ2v) is 6.43. The molecular formula is C20H34O4. The number of hydrogen-bond donors (Lipinski definition) is 2. The van der Waals surface area contributed by atoms with Crippen LogP contribution in [0, 0.1) is 5.92 Å². The summed E-state index contributed by atoms with van der Waals surface area (Å²) < 4.78 is 0. The van der Waals surface area contributed by atoms with E-state index in [1.165, 1.54) is 38.2 Å². The second-order valence-electron chi connectivity index (χ2n) is 6.43. The third-order valence-electron chi connectivity index (χ3n) is 4.26. The molecule has 4 nitrogen and oxygen atoms in total. The molecular weight excluding hydrogens is 304 g/mol. The van der Waals surface area contributed by atoms with Crippen LogP contribution in [0.1, 0.15) is 83.5 Å². The standard InChI is InChI=1S/C20H34O4/c1-2-18(15-11-8-9-13-17-20(23)24)14-10-6-4-3-5-7-12-16-19(21)22/h2,13,17-18H,1,3-12,14-16H2,(H,21,22)(H,23,24). The molecule has 0 bridgehead atoms. The smallest absolute Gasteiger partial charge is 0.327 e. The molecule has 0 radical (unpaired) electrons. The highest BCUT2D eigenvalue weighted by molar-refractivity contribution is 5.79. The molecule has 0 aliphatic rings. The number of carbonyl (C=O) groups is 2. The van der Waals surface area contributed by atoms with E-state index in [-0.39, 0.29) is 0 Å². The minimum Gasteiger partial charge on any atom is -0.481 e. The Morgan fingerprint density at radius 1 is 0.833 bits per heavy atom. The van der Waals surface area contributed by atoms with Crippen molar-refractivity contribution in [3.8, 4) is 0 Å². The Kier molecular flexibility index (Phi) is 15.2. The van der Waals surface area contributed by atoms with E-state index in [1.54, 1.807) is 6.08 Å². The molecule has 0 fully saturated rings. The van der Waals surface area contributed by atoms with Crippen LogP contribution < -0.4 is 0 Å². The predicted molar refractivity (Wildman–Crippen MR) is 98.1 cm³/mol. The number of allylic oxidation sites excluding steroid dienone is 2. The monoisotopic (exact) mass is 338 g/mol. The van der Waals surface area contributed by atoms with Crippen LogP contribution in [0.15, 0.2) is 24.8 Å². The van der Waals surface area contributed by atoms with Crippen molar-refractivity contribution in [2.75, 3.05) is 0 Å². The van der Waals surface area contributed by atoms with Crippen LogP contribution in [0.4, 0.5) is 0 Å². The molecule has 1 unspecified atom stereocenters. The first-order valence-electron chi connectivity index (χ1n) is 9.30. The molecule has 138 valence electrons. The van der Waals surface area contributed by atoms with Gasteiger partial charge in [0.1, 0.15) is 0 Å². The van der Waals surface area contributed by atoms with E-state index in [0.717, 1.165) is 44.9 Å². The summed E-state index contributed by atoms with van der Waals surface area (Å²) in [4.78, 5) is 20.7. The van der Waals surface area contributed by atoms with Crippen LogP contribution in [0.5, 0.6) is 0 Å². The fourth-order valence-corrected chi connectivity index (χ4v) is 2.80. The summed E-state index contributed by atoms with van der Waals surface area (Å²) in [6.45, 7) is 3.92. The maximum Gasteiger partial charge on any atom is 0.327 e. The molecule has 0 aliphatic carbocycles. The van der Waals surface area contributed by atoms with E-state index in [0.29, 0.717) is 12.3 Å². The zero-order valence-electron chi connectivity index (χ0n) is 14.9. The van der Waals surface area contributed by atoms with Gasteiger partial charge in [-0.1, -0.05) is 57.1 Å². The van der Waals surface area contributed by atoms with Gasteiger partial charge in [-0.25, -0.2) is 4.79 Å². The summed E-state index contributed by atoms with van der Waals surface area (Å²) in [6, 6.07) is 0. The number of rotatable bonds is 17. The largest absolute Gasteiger partial charge is 0.481 e. The van der Waals surface area contributed by atoms with Gasteiger partial charge < -0.3 is 10.2 Å². The molecule has 0 saturated carbocycles. The van der Waals surface area contributed by atoms with E-state index in [2.05, 4.69) is 12.7 Å². The Balaban J connectivity index is 3.44. The van der Waals surface area contributed by atoms with Gasteiger partial charge in [-0.3, -0.25) is 4.79 Å². The van der Waals surface area contributed by atoms with Crippen molar-refractivity contribution in [1.82, 2.24) is 0 Å². The topological polar surface area (TPSA) is 74.6 Å². The molecule has 4 heteroatoms. The molecule has 0 saturated heterocycles. The van der Waals surface area contributed by atoms with Gasteiger partial charge in [0.2, 0.25) is 0 Å². The van der Waals surface area contributed by atoms with E-state index < -0.39 is 11.9 Å². The lowest BCUT2D eigenvalue weighted by Crippen LogP contribution is -1.97. The summed E-state index contributed by atoms with van der Waals surface area (Å²) in [7, 11) is 0. The normalized spacial score (nSPS) is 12.3. The van der Waals surface area contributed by atoms with Gasteiger partial charge in [0.25, 0.3) is 0 Å². The molecule has 0 spiro atoms. The van der Waals surface area contributed by atoms with Crippen molar-refractivity contribution in [3.63, 3.8) is 0 Å². The fourth-order valence-electron chi connectivity index (χ4n) is 2.80. The number of hydrogen-bond acceptors (Lipinski definition) is 2. The summed E-state index contributed by atoms with van der Waals surface area (Å²) in [5.74, 6) is -0.992. The van der Waals surface area contributed by atoms with E-state index in [4.69, 9.17) is 10.2 Å². The number of carboxylic acids is 2. The lowest BCUT2D eigenvalue weighted by Gasteiger charge is -2.11. The summed E-state index contributed by atoms with van der Waals surface area (Å²) in [5, 5.41) is 17.0. The van der Waals surface area contributed by atoms with E-state index in [1.807, 2.05) is 0 Å². The summed E-state index contributed by atoms with van der Waals surface area (Å²) in [5.41, 5.74) is 0. The highest BCUT2D eigenvalue weighted by Crippen LogP contribution is 2.19. The average molecular weight is 338 g/mol. The van der Waals surface area contributed by atoms with Crippen molar-refractivity contribution >= 4 is 11.9 Å². The van der Waals surface area contributed by atoms with Crippen molar-refractivity contribution in [2.24, 2.45) is 5.92 Å². The average Bonchev–Trinajstić information content (AvgIpc) is 2.53. The van der Waals surface area contributed by atoms with Crippen LogP contribution in [0.2, 0.25) is 0 Å². The third kappa shape index (κ3) is 16.8. The Bertz CT molecular complexity index is 374. The SMILES string of the molecule is C=CC(CCCCC=CC(=O)O)CCCCCCCCCC(=O)O. The highest BCUT2D eigenvalue weighted by Gasteiger charge is 2.04. The maximum atomic E-state index is 10.4. The van der Waals surface area contributed by atoms with Crippen LogP contribution in [0.25, 0.3) is 0 Å². The quantitative estimate of drug-likeness (QED) is 0.206. The zero-order chi connectivity index (χ0) is 18.0. The lowest BCUT2D eigenvalue weighted by molar-refractivity contribution is -0.137. The van der Waals surface area contributed by atoms with Gasteiger partial charge in [-0.15, -0.1) is 6.58 Å². The van der Waals surface area contributed by atoms with Crippen molar-refractivity contribution in [3.05, 3.63) is 24.8 Å². The Hall–Kier alpha value is -1.58. The van der Waals surface area contributed by atoms with Gasteiger partial charge in [-0.2, -0.15) is 0 Å². The second kappa shape index (κ2) is 16.3. The van der Waals surface area contributed by atoms with Gasteiger partial charge in [0, 0.05) is 12.5 Å². The molecule has 0 aromatic heterocycles. The van der Waals surface area contributed by atoms with E-state index >= 15 is 0 Å². The number of unbranched alkanes of at least 4 members (excludes halogenated alkanes) is 8. The molecule has 2 N–H and O–H groups in total. The van der Waals surface area contributed by atoms with Crippen LogP contribution in [0.3, 0.4) is 0 Å². The lowest BCUT2D eigenvalue weighted by atomic mass is 9.94. The Morgan fingerprint density at radius 3 is 1.92 bits per heavy atom. The van der Waals surface area contributed by atoms with Gasteiger partial charge in [0.05, 0.1) is 0 Å². The first-order chi connectivity index (χ1) is 11.6. The molecule has 0 aromatic carbocycles. The highest BCUT2D eigenvalue weighted by atomic mass is 16.4. The molecule has 0 aromatic rings. The molecule has 0 heterocycles. The van der Waals surface area contributed by atoms with Crippen molar-refractivity contribution in [2.45, 2.75) is 83.5 Å². The van der Waals surface area contributed by atoms with Crippen LogP contribution in [-0.2, 0) is 9.59 Å². The molecule has 0 aliphatic heterocycles. The third-order valence-corrected chi connectivity index (χ3v) is 4.26. The predicted octanol–water partition coefficient (Wildman–Crippen LogP) is 5.59. The first kappa shape index (κ1) is 22.4. The van der Waals surface area contributed by atoms with Gasteiger partial charge >= 0.3 is 11.9 Å². The molecule has 24 heavy (non-hydrogen) atoms. The minimum absolute atomic E-state index is 0.299. The molecule has 0 rings (SSSR count). The van der Waals surface area contributed by atoms with Crippen molar-refractivity contribution in [1.29, 1.82) is 0 Å². The number of aliphatic carboxylic acids is 2. The van der Waals surface area contributed by atoms with Crippen LogP contribution in [-0.4, -0.2) is 22.2 Å². The summed E-state index contributed by atoms with van der Waals surface area (Å²) in [6.07, 6.45) is 18.5. The van der Waals surface area contributed by atoms with E-state index in [9.17, 15) is 9.59 Å². The Morgan fingerprint density at radius 2 is 1.38 bits per heavy atom. The number of carboxylic acid groups (broad SMARTS) is 2.